The SMILES string of the molecule is CCC(C)CC(C)Nc1nc(C(C)OC)ns1. The highest BCUT2D eigenvalue weighted by molar-refractivity contribution is 7.09. The van der Waals surface area contributed by atoms with Gasteiger partial charge in [-0.2, -0.15) is 4.37 Å². The third-order valence-corrected chi connectivity index (χ3v) is 3.64. The van der Waals surface area contributed by atoms with Crippen LogP contribution >= 0.6 is 11.5 Å². The van der Waals surface area contributed by atoms with Crippen molar-refractivity contribution in [1.82, 2.24) is 9.36 Å². The number of anilines is 1. The van der Waals surface area contributed by atoms with E-state index in [0.29, 0.717) is 6.04 Å². The Morgan fingerprint density at radius 3 is 2.65 bits per heavy atom. The number of hydrogen-bond donors (Lipinski definition) is 1. The van der Waals surface area contributed by atoms with Crippen LogP contribution in [0.15, 0.2) is 0 Å². The van der Waals surface area contributed by atoms with Crippen molar-refractivity contribution in [3.8, 4) is 0 Å². The van der Waals surface area contributed by atoms with E-state index in [0.717, 1.165) is 23.3 Å². The smallest absolute Gasteiger partial charge is 0.202 e. The van der Waals surface area contributed by atoms with Crippen LogP contribution in [0.1, 0.15) is 52.5 Å². The molecule has 5 heteroatoms. The van der Waals surface area contributed by atoms with Crippen molar-refractivity contribution in [2.75, 3.05) is 12.4 Å². The summed E-state index contributed by atoms with van der Waals surface area (Å²) in [7, 11) is 1.67. The van der Waals surface area contributed by atoms with Gasteiger partial charge in [0, 0.05) is 24.7 Å². The van der Waals surface area contributed by atoms with Gasteiger partial charge < -0.3 is 10.1 Å². The van der Waals surface area contributed by atoms with Gasteiger partial charge in [0.1, 0.15) is 6.10 Å². The van der Waals surface area contributed by atoms with E-state index in [4.69, 9.17) is 4.74 Å². The molecule has 0 fully saturated rings. The molecule has 0 aliphatic carbocycles. The molecule has 17 heavy (non-hydrogen) atoms. The molecule has 0 aromatic carbocycles. The minimum absolute atomic E-state index is 0.0355. The number of aromatic nitrogens is 2. The highest BCUT2D eigenvalue weighted by Crippen LogP contribution is 2.20. The molecule has 0 radical (unpaired) electrons. The van der Waals surface area contributed by atoms with Crippen LogP contribution in [0.3, 0.4) is 0 Å². The molecule has 4 nitrogen and oxygen atoms in total. The Morgan fingerprint density at radius 2 is 2.06 bits per heavy atom. The third-order valence-electron chi connectivity index (χ3n) is 2.98. The number of rotatable bonds is 7. The molecule has 0 saturated heterocycles. The monoisotopic (exact) mass is 257 g/mol. The quantitative estimate of drug-likeness (QED) is 0.812. The van der Waals surface area contributed by atoms with Gasteiger partial charge in [-0.1, -0.05) is 20.3 Å². The van der Waals surface area contributed by atoms with Crippen molar-refractivity contribution in [1.29, 1.82) is 0 Å². The molecule has 0 aliphatic heterocycles. The Bertz CT molecular complexity index is 329. The summed E-state index contributed by atoms with van der Waals surface area (Å²) >= 11 is 1.40. The first-order valence-corrected chi connectivity index (χ1v) is 6.97. The first-order chi connectivity index (χ1) is 8.06. The molecule has 98 valence electrons. The average Bonchev–Trinajstić information content (AvgIpc) is 2.76. The van der Waals surface area contributed by atoms with Gasteiger partial charge in [0.15, 0.2) is 5.82 Å². The lowest BCUT2D eigenvalue weighted by Gasteiger charge is -2.16. The van der Waals surface area contributed by atoms with Crippen molar-refractivity contribution in [2.24, 2.45) is 5.92 Å². The van der Waals surface area contributed by atoms with E-state index in [1.807, 2.05) is 6.92 Å². The topological polar surface area (TPSA) is 47.0 Å². The molecular weight excluding hydrogens is 234 g/mol. The second-order valence-corrected chi connectivity index (χ2v) is 5.38. The van der Waals surface area contributed by atoms with Crippen LogP contribution in [0.25, 0.3) is 0 Å². The second kappa shape index (κ2) is 6.91. The standard InChI is InChI=1S/C12H23N3OS/c1-6-8(2)7-9(3)13-12-14-11(15-17-12)10(4)16-5/h8-10H,6-7H2,1-5H3,(H,13,14,15). The van der Waals surface area contributed by atoms with Crippen LogP contribution in [0.5, 0.6) is 0 Å². The van der Waals surface area contributed by atoms with Crippen molar-refractivity contribution in [3.05, 3.63) is 5.82 Å². The normalized spacial score (nSPS) is 16.5. The van der Waals surface area contributed by atoms with E-state index >= 15 is 0 Å². The van der Waals surface area contributed by atoms with Gasteiger partial charge in [0.05, 0.1) is 0 Å². The first-order valence-electron chi connectivity index (χ1n) is 6.19. The lowest BCUT2D eigenvalue weighted by Crippen LogP contribution is -2.18. The fraction of sp³-hybridized carbons (Fsp3) is 0.833. The van der Waals surface area contributed by atoms with Crippen LogP contribution in [0, 0.1) is 5.92 Å². The Balaban J connectivity index is 2.48. The van der Waals surface area contributed by atoms with Gasteiger partial charge in [-0.05, 0) is 26.2 Å². The largest absolute Gasteiger partial charge is 0.374 e. The predicted octanol–water partition coefficient (Wildman–Crippen LogP) is 3.48. The molecule has 1 rings (SSSR count). The number of nitrogens with one attached hydrogen (secondary N) is 1. The van der Waals surface area contributed by atoms with Gasteiger partial charge in [-0.15, -0.1) is 0 Å². The van der Waals surface area contributed by atoms with Crippen molar-refractivity contribution in [3.63, 3.8) is 0 Å². The van der Waals surface area contributed by atoms with Crippen LogP contribution in [-0.4, -0.2) is 22.5 Å². The van der Waals surface area contributed by atoms with Crippen molar-refractivity contribution >= 4 is 16.7 Å². The minimum atomic E-state index is -0.0355. The maximum atomic E-state index is 5.19. The summed E-state index contributed by atoms with van der Waals surface area (Å²) in [4.78, 5) is 4.43. The van der Waals surface area contributed by atoms with E-state index in [2.05, 4.69) is 35.4 Å². The zero-order valence-corrected chi connectivity index (χ0v) is 12.2. The highest BCUT2D eigenvalue weighted by atomic mass is 32.1. The molecule has 1 N–H and O–H groups in total. The summed E-state index contributed by atoms with van der Waals surface area (Å²) in [5.41, 5.74) is 0. The van der Waals surface area contributed by atoms with Crippen LogP contribution in [0.2, 0.25) is 0 Å². The van der Waals surface area contributed by atoms with Gasteiger partial charge in [0.25, 0.3) is 0 Å². The fourth-order valence-electron chi connectivity index (χ4n) is 1.60. The average molecular weight is 257 g/mol. The summed E-state index contributed by atoms with van der Waals surface area (Å²) in [5, 5.41) is 4.28. The Kier molecular flexibility index (Phi) is 5.85. The minimum Gasteiger partial charge on any atom is -0.374 e. The maximum Gasteiger partial charge on any atom is 0.202 e. The van der Waals surface area contributed by atoms with Gasteiger partial charge in [0.2, 0.25) is 5.13 Å². The third kappa shape index (κ3) is 4.60. The van der Waals surface area contributed by atoms with Crippen molar-refractivity contribution in [2.45, 2.75) is 52.7 Å². The van der Waals surface area contributed by atoms with E-state index in [1.165, 1.54) is 18.0 Å². The predicted molar refractivity (Wildman–Crippen MR) is 72.5 cm³/mol. The van der Waals surface area contributed by atoms with E-state index in [-0.39, 0.29) is 6.10 Å². The number of methoxy groups -OCH3 is 1. The Morgan fingerprint density at radius 1 is 1.35 bits per heavy atom. The lowest BCUT2D eigenvalue weighted by molar-refractivity contribution is 0.113. The molecular formula is C12H23N3OS. The van der Waals surface area contributed by atoms with E-state index < -0.39 is 0 Å². The molecule has 1 heterocycles. The van der Waals surface area contributed by atoms with Crippen LogP contribution in [0.4, 0.5) is 5.13 Å². The van der Waals surface area contributed by atoms with E-state index in [9.17, 15) is 0 Å². The summed E-state index contributed by atoms with van der Waals surface area (Å²) in [6.45, 7) is 8.64. The van der Waals surface area contributed by atoms with Gasteiger partial charge in [-0.3, -0.25) is 0 Å². The molecule has 3 unspecified atom stereocenters. The molecule has 3 atom stereocenters. The Labute approximate surface area is 108 Å². The van der Waals surface area contributed by atoms with Crippen LogP contribution < -0.4 is 5.32 Å². The molecule has 0 aliphatic rings. The van der Waals surface area contributed by atoms with E-state index in [1.54, 1.807) is 7.11 Å². The lowest BCUT2D eigenvalue weighted by atomic mass is 10.0. The first kappa shape index (κ1) is 14.4. The zero-order chi connectivity index (χ0) is 12.8. The number of nitrogens with zero attached hydrogens (tertiary/aromatic N) is 2. The summed E-state index contributed by atoms with van der Waals surface area (Å²) in [6, 6.07) is 0.434. The summed E-state index contributed by atoms with van der Waals surface area (Å²) < 4.78 is 9.47. The Hall–Kier alpha value is -0.680. The molecule has 0 bridgehead atoms. The van der Waals surface area contributed by atoms with Gasteiger partial charge >= 0.3 is 0 Å². The molecule has 0 amide bonds. The van der Waals surface area contributed by atoms with Crippen LogP contribution in [-0.2, 0) is 4.74 Å². The highest BCUT2D eigenvalue weighted by Gasteiger charge is 2.13. The van der Waals surface area contributed by atoms with Crippen molar-refractivity contribution < 1.29 is 4.74 Å². The fourth-order valence-corrected chi connectivity index (χ4v) is 2.36. The number of hydrogen-bond acceptors (Lipinski definition) is 5. The summed E-state index contributed by atoms with van der Waals surface area (Å²) in [5.74, 6) is 1.50. The number of ether oxygens (including phenoxy) is 1. The molecule has 0 spiro atoms. The maximum absolute atomic E-state index is 5.19. The molecule has 1 aromatic rings. The zero-order valence-electron chi connectivity index (χ0n) is 11.4. The second-order valence-electron chi connectivity index (χ2n) is 4.63. The molecule has 1 aromatic heterocycles. The van der Waals surface area contributed by atoms with Gasteiger partial charge in [-0.25, -0.2) is 4.98 Å². The molecule has 0 saturated carbocycles. The summed E-state index contributed by atoms with van der Waals surface area (Å²) in [6.07, 6.45) is 2.34.